The molecule has 3 rings (SSSR count). The Balaban J connectivity index is 1.97. The Morgan fingerprint density at radius 1 is 1.05 bits per heavy atom. The Labute approximate surface area is 114 Å². The minimum Gasteiger partial charge on any atom is -0.454 e. The van der Waals surface area contributed by atoms with E-state index in [1.54, 1.807) is 36.4 Å². The van der Waals surface area contributed by atoms with Crippen LogP contribution in [0.15, 0.2) is 36.4 Å². The Hall–Kier alpha value is -2.20. The topological polar surface area (TPSA) is 61.6 Å². The fourth-order valence-corrected chi connectivity index (χ4v) is 2.05. The van der Waals surface area contributed by atoms with Gasteiger partial charge in [-0.15, -0.1) is 0 Å². The van der Waals surface area contributed by atoms with Crippen molar-refractivity contribution in [2.45, 2.75) is 0 Å². The van der Waals surface area contributed by atoms with Gasteiger partial charge in [-0.25, -0.2) is 0 Å². The van der Waals surface area contributed by atoms with Crippen molar-refractivity contribution in [2.75, 3.05) is 12.5 Å². The standard InChI is InChI=1S/C14H10ClNO3/c15-10-5-8(1-3-11(10)16)14(17)9-2-4-12-13(6-9)19-7-18-12/h1-6H,7,16H2. The molecule has 0 fully saturated rings. The molecule has 0 spiro atoms. The van der Waals surface area contributed by atoms with Crippen LogP contribution in [0, 0.1) is 0 Å². The molecule has 2 N–H and O–H groups in total. The van der Waals surface area contributed by atoms with Gasteiger partial charge in [0.05, 0.1) is 10.7 Å². The van der Waals surface area contributed by atoms with Gasteiger partial charge in [-0.05, 0) is 36.4 Å². The SMILES string of the molecule is Nc1ccc(C(=O)c2ccc3c(c2)OCO3)cc1Cl. The van der Waals surface area contributed by atoms with Gasteiger partial charge in [-0.1, -0.05) is 11.6 Å². The summed E-state index contributed by atoms with van der Waals surface area (Å²) < 4.78 is 10.5. The zero-order valence-electron chi connectivity index (χ0n) is 9.85. The van der Waals surface area contributed by atoms with Crippen LogP contribution in [0.3, 0.4) is 0 Å². The molecule has 2 aromatic carbocycles. The molecule has 1 heterocycles. The lowest BCUT2D eigenvalue weighted by Gasteiger charge is -2.04. The van der Waals surface area contributed by atoms with E-state index in [2.05, 4.69) is 0 Å². The van der Waals surface area contributed by atoms with Crippen LogP contribution in [0.1, 0.15) is 15.9 Å². The molecule has 5 heteroatoms. The van der Waals surface area contributed by atoms with Crippen molar-refractivity contribution >= 4 is 23.1 Å². The fourth-order valence-electron chi connectivity index (χ4n) is 1.87. The molecule has 1 aliphatic heterocycles. The highest BCUT2D eigenvalue weighted by molar-refractivity contribution is 6.33. The molecule has 19 heavy (non-hydrogen) atoms. The minimum absolute atomic E-state index is 0.139. The second-order valence-corrected chi connectivity index (χ2v) is 4.54. The molecule has 0 bridgehead atoms. The van der Waals surface area contributed by atoms with Gasteiger partial charge in [0.1, 0.15) is 0 Å². The number of hydrogen-bond donors (Lipinski definition) is 1. The molecule has 0 atom stereocenters. The van der Waals surface area contributed by atoms with Crippen LogP contribution in [-0.2, 0) is 0 Å². The molecule has 0 saturated carbocycles. The predicted octanol–water partition coefficient (Wildman–Crippen LogP) is 2.88. The van der Waals surface area contributed by atoms with Gasteiger partial charge in [0.2, 0.25) is 6.79 Å². The molecule has 4 nitrogen and oxygen atoms in total. The largest absolute Gasteiger partial charge is 0.454 e. The molecule has 0 aliphatic carbocycles. The molecule has 0 aromatic heterocycles. The second kappa shape index (κ2) is 4.48. The third-order valence-electron chi connectivity index (χ3n) is 2.90. The molecule has 1 aliphatic rings. The highest BCUT2D eigenvalue weighted by atomic mass is 35.5. The summed E-state index contributed by atoms with van der Waals surface area (Å²) >= 11 is 5.92. The Kier molecular flexibility index (Phi) is 2.80. The number of halogens is 1. The van der Waals surface area contributed by atoms with E-state index in [0.717, 1.165) is 0 Å². The van der Waals surface area contributed by atoms with Crippen molar-refractivity contribution in [3.05, 3.63) is 52.5 Å². The molecular weight excluding hydrogens is 266 g/mol. The maximum absolute atomic E-state index is 12.3. The number of ether oxygens (including phenoxy) is 2. The predicted molar refractivity (Wildman–Crippen MR) is 71.9 cm³/mol. The number of rotatable bonds is 2. The van der Waals surface area contributed by atoms with E-state index in [1.807, 2.05) is 0 Å². The number of nitrogen functional groups attached to an aromatic ring is 1. The number of carbonyl (C=O) groups is 1. The highest BCUT2D eigenvalue weighted by Crippen LogP contribution is 2.33. The maximum atomic E-state index is 12.3. The molecule has 0 amide bonds. The van der Waals surface area contributed by atoms with Crippen molar-refractivity contribution in [1.29, 1.82) is 0 Å². The van der Waals surface area contributed by atoms with Crippen molar-refractivity contribution in [2.24, 2.45) is 0 Å². The number of ketones is 1. The van der Waals surface area contributed by atoms with Crippen LogP contribution in [0.4, 0.5) is 5.69 Å². The summed E-state index contributed by atoms with van der Waals surface area (Å²) in [5.74, 6) is 1.08. The lowest BCUT2D eigenvalue weighted by molar-refractivity contribution is 0.103. The molecular formula is C14H10ClNO3. The number of benzene rings is 2. The van der Waals surface area contributed by atoms with E-state index >= 15 is 0 Å². The second-order valence-electron chi connectivity index (χ2n) is 4.13. The number of anilines is 1. The van der Waals surface area contributed by atoms with Gasteiger partial charge < -0.3 is 15.2 Å². The van der Waals surface area contributed by atoms with Crippen LogP contribution in [0.25, 0.3) is 0 Å². The molecule has 0 saturated heterocycles. The van der Waals surface area contributed by atoms with E-state index < -0.39 is 0 Å². The first-order chi connectivity index (χ1) is 9.15. The lowest BCUT2D eigenvalue weighted by atomic mass is 10.0. The fraction of sp³-hybridized carbons (Fsp3) is 0.0714. The average molecular weight is 276 g/mol. The summed E-state index contributed by atoms with van der Waals surface area (Å²) in [7, 11) is 0. The van der Waals surface area contributed by atoms with Crippen molar-refractivity contribution in [3.63, 3.8) is 0 Å². The van der Waals surface area contributed by atoms with Gasteiger partial charge in [-0.3, -0.25) is 4.79 Å². The number of carbonyl (C=O) groups excluding carboxylic acids is 1. The van der Waals surface area contributed by atoms with E-state index in [4.69, 9.17) is 26.8 Å². The first kappa shape index (κ1) is 11.9. The summed E-state index contributed by atoms with van der Waals surface area (Å²) in [6.45, 7) is 0.181. The normalized spacial score (nSPS) is 12.5. The van der Waals surface area contributed by atoms with E-state index in [9.17, 15) is 4.79 Å². The van der Waals surface area contributed by atoms with Gasteiger partial charge in [-0.2, -0.15) is 0 Å². The van der Waals surface area contributed by atoms with Crippen LogP contribution in [0.5, 0.6) is 11.5 Å². The maximum Gasteiger partial charge on any atom is 0.231 e. The Morgan fingerprint density at radius 2 is 1.74 bits per heavy atom. The number of fused-ring (bicyclic) bond motifs is 1. The molecule has 0 unspecified atom stereocenters. The van der Waals surface area contributed by atoms with Crippen molar-refractivity contribution < 1.29 is 14.3 Å². The van der Waals surface area contributed by atoms with Crippen molar-refractivity contribution in [1.82, 2.24) is 0 Å². The quantitative estimate of drug-likeness (QED) is 0.676. The third-order valence-corrected chi connectivity index (χ3v) is 3.22. The number of nitrogens with two attached hydrogens (primary N) is 1. The smallest absolute Gasteiger partial charge is 0.231 e. The zero-order chi connectivity index (χ0) is 13.4. The molecule has 2 aromatic rings. The van der Waals surface area contributed by atoms with E-state index in [1.165, 1.54) is 0 Å². The van der Waals surface area contributed by atoms with E-state index in [-0.39, 0.29) is 12.6 Å². The van der Waals surface area contributed by atoms with Crippen molar-refractivity contribution in [3.8, 4) is 11.5 Å². The van der Waals surface area contributed by atoms with Crippen LogP contribution < -0.4 is 15.2 Å². The van der Waals surface area contributed by atoms with Gasteiger partial charge >= 0.3 is 0 Å². The van der Waals surface area contributed by atoms with Gasteiger partial charge in [0.15, 0.2) is 17.3 Å². The first-order valence-electron chi connectivity index (χ1n) is 5.64. The van der Waals surface area contributed by atoms with Gasteiger partial charge in [0.25, 0.3) is 0 Å². The monoisotopic (exact) mass is 275 g/mol. The average Bonchev–Trinajstić information content (AvgIpc) is 2.88. The third kappa shape index (κ3) is 2.11. The summed E-state index contributed by atoms with van der Waals surface area (Å²) in [6, 6.07) is 9.89. The summed E-state index contributed by atoms with van der Waals surface area (Å²) in [6.07, 6.45) is 0. The Morgan fingerprint density at radius 3 is 2.53 bits per heavy atom. The number of hydrogen-bond acceptors (Lipinski definition) is 4. The van der Waals surface area contributed by atoms with Crippen LogP contribution >= 0.6 is 11.6 Å². The summed E-state index contributed by atoms with van der Waals surface area (Å²) in [5.41, 5.74) is 7.07. The molecule has 0 radical (unpaired) electrons. The summed E-state index contributed by atoms with van der Waals surface area (Å²) in [4.78, 5) is 12.3. The van der Waals surface area contributed by atoms with Crippen LogP contribution in [-0.4, -0.2) is 12.6 Å². The van der Waals surface area contributed by atoms with E-state index in [0.29, 0.717) is 33.3 Å². The van der Waals surface area contributed by atoms with Crippen LogP contribution in [0.2, 0.25) is 5.02 Å². The Bertz CT molecular complexity index is 670. The molecule has 96 valence electrons. The zero-order valence-corrected chi connectivity index (χ0v) is 10.6. The highest BCUT2D eigenvalue weighted by Gasteiger charge is 2.17. The lowest BCUT2D eigenvalue weighted by Crippen LogP contribution is -2.02. The summed E-state index contributed by atoms with van der Waals surface area (Å²) in [5, 5.41) is 0.367. The van der Waals surface area contributed by atoms with Gasteiger partial charge in [0, 0.05) is 11.1 Å². The minimum atomic E-state index is -0.139. The first-order valence-corrected chi connectivity index (χ1v) is 6.02.